The molecule has 0 atom stereocenters. The van der Waals surface area contributed by atoms with Crippen molar-refractivity contribution in [3.05, 3.63) is 22.5 Å². The van der Waals surface area contributed by atoms with E-state index in [1.54, 1.807) is 11.3 Å². The molecule has 0 saturated carbocycles. The van der Waals surface area contributed by atoms with Crippen molar-refractivity contribution in [2.45, 2.75) is 25.7 Å². The van der Waals surface area contributed by atoms with Gasteiger partial charge in [-0.3, -0.25) is 4.40 Å². The lowest BCUT2D eigenvalue weighted by Crippen LogP contribution is -2.01. The van der Waals surface area contributed by atoms with Gasteiger partial charge in [0.05, 0.1) is 0 Å². The minimum atomic E-state index is 0.754. The zero-order valence-electron chi connectivity index (χ0n) is 7.79. The summed E-state index contributed by atoms with van der Waals surface area (Å²) in [4.78, 5) is 6.94. The molecule has 70 valence electrons. The molecule has 2 nitrogen and oxygen atoms in total. The fraction of sp³-hybridized carbons (Fsp3) is 0.364. The molecule has 0 fully saturated rings. The van der Waals surface area contributed by atoms with Crippen molar-refractivity contribution in [1.82, 2.24) is 9.38 Å². The molecule has 0 bridgehead atoms. The van der Waals surface area contributed by atoms with Crippen molar-refractivity contribution >= 4 is 16.3 Å². The summed E-state index contributed by atoms with van der Waals surface area (Å²) in [5.74, 6) is 2.58. The van der Waals surface area contributed by atoms with Gasteiger partial charge in [-0.15, -0.1) is 17.8 Å². The van der Waals surface area contributed by atoms with Crippen LogP contribution in [0.3, 0.4) is 0 Å². The second kappa shape index (κ2) is 2.86. The van der Waals surface area contributed by atoms with Gasteiger partial charge in [-0.2, -0.15) is 0 Å². The van der Waals surface area contributed by atoms with E-state index in [4.69, 9.17) is 6.42 Å². The van der Waals surface area contributed by atoms with Crippen molar-refractivity contribution in [2.24, 2.45) is 0 Å². The number of imidazole rings is 1. The predicted octanol–water partition coefficient (Wildman–Crippen LogP) is 2.26. The maximum absolute atomic E-state index is 5.33. The molecule has 0 amide bonds. The van der Waals surface area contributed by atoms with Crippen LogP contribution in [-0.2, 0) is 12.8 Å². The molecule has 0 saturated heterocycles. The smallest absolute Gasteiger partial charge is 0.195 e. The largest absolute Gasteiger partial charge is 0.293 e. The van der Waals surface area contributed by atoms with E-state index in [1.807, 2.05) is 6.20 Å². The van der Waals surface area contributed by atoms with Gasteiger partial charge in [0.1, 0.15) is 5.69 Å². The van der Waals surface area contributed by atoms with Gasteiger partial charge in [0.25, 0.3) is 0 Å². The van der Waals surface area contributed by atoms with Crippen LogP contribution in [0.5, 0.6) is 0 Å². The van der Waals surface area contributed by atoms with Crippen LogP contribution in [0.2, 0.25) is 0 Å². The molecule has 1 aliphatic carbocycles. The van der Waals surface area contributed by atoms with E-state index in [0.717, 1.165) is 10.7 Å². The number of thiazole rings is 1. The third-order valence-electron chi connectivity index (χ3n) is 2.72. The Morgan fingerprint density at radius 3 is 3.14 bits per heavy atom. The zero-order valence-corrected chi connectivity index (χ0v) is 8.60. The van der Waals surface area contributed by atoms with Gasteiger partial charge in [-0.1, -0.05) is 0 Å². The van der Waals surface area contributed by atoms with Crippen molar-refractivity contribution in [3.63, 3.8) is 0 Å². The Hall–Kier alpha value is -1.27. The Kier molecular flexibility index (Phi) is 1.65. The molecular formula is C11H10N2S. The first-order chi connectivity index (χ1) is 6.88. The fourth-order valence-electron chi connectivity index (χ4n) is 2.03. The Bertz CT molecular complexity index is 527. The van der Waals surface area contributed by atoms with Crippen LogP contribution >= 0.6 is 11.3 Å². The highest BCUT2D eigenvalue weighted by molar-refractivity contribution is 7.17. The molecule has 2 aromatic rings. The monoisotopic (exact) mass is 202 g/mol. The van der Waals surface area contributed by atoms with Crippen LogP contribution in [-0.4, -0.2) is 9.38 Å². The molecular weight excluding hydrogens is 192 g/mol. The molecule has 0 unspecified atom stereocenters. The first-order valence-corrected chi connectivity index (χ1v) is 5.66. The summed E-state index contributed by atoms with van der Waals surface area (Å²) in [5.41, 5.74) is 2.19. The molecule has 0 aromatic carbocycles. The Morgan fingerprint density at radius 2 is 2.29 bits per heavy atom. The van der Waals surface area contributed by atoms with Gasteiger partial charge in [0, 0.05) is 16.8 Å². The first kappa shape index (κ1) is 8.07. The Morgan fingerprint density at radius 1 is 1.43 bits per heavy atom. The van der Waals surface area contributed by atoms with Crippen LogP contribution in [0.1, 0.15) is 29.1 Å². The van der Waals surface area contributed by atoms with Gasteiger partial charge >= 0.3 is 0 Å². The molecule has 1 aliphatic rings. The quantitative estimate of drug-likeness (QED) is 0.599. The SMILES string of the molecule is C#Cc1cn2c3c(sc2n1)CCCC3. The highest BCUT2D eigenvalue weighted by Gasteiger charge is 2.16. The average Bonchev–Trinajstić information content (AvgIpc) is 2.73. The third-order valence-corrected chi connectivity index (χ3v) is 3.87. The summed E-state index contributed by atoms with van der Waals surface area (Å²) in [7, 11) is 0. The Labute approximate surface area is 86.6 Å². The highest BCUT2D eigenvalue weighted by Crippen LogP contribution is 2.29. The van der Waals surface area contributed by atoms with Gasteiger partial charge in [-0.25, -0.2) is 4.98 Å². The number of terminal acetylenes is 1. The lowest BCUT2D eigenvalue weighted by Gasteiger charge is -2.09. The predicted molar refractivity (Wildman–Crippen MR) is 57.6 cm³/mol. The van der Waals surface area contributed by atoms with E-state index >= 15 is 0 Å². The molecule has 0 radical (unpaired) electrons. The second-order valence-corrected chi connectivity index (χ2v) is 4.66. The van der Waals surface area contributed by atoms with E-state index in [9.17, 15) is 0 Å². The summed E-state index contributed by atoms with van der Waals surface area (Å²) in [6.45, 7) is 0. The number of fused-ring (bicyclic) bond motifs is 3. The normalized spacial score (nSPS) is 15.4. The van der Waals surface area contributed by atoms with E-state index in [-0.39, 0.29) is 0 Å². The standard InChI is InChI=1S/C11H10N2S/c1-2-8-7-13-9-5-3-4-6-10(9)14-11(13)12-8/h1,7H,3-6H2. The van der Waals surface area contributed by atoms with Crippen molar-refractivity contribution in [2.75, 3.05) is 0 Å². The second-order valence-electron chi connectivity index (χ2n) is 3.60. The lowest BCUT2D eigenvalue weighted by atomic mass is 10.0. The summed E-state index contributed by atoms with van der Waals surface area (Å²) in [5, 5.41) is 0. The molecule has 3 heteroatoms. The van der Waals surface area contributed by atoms with Crippen LogP contribution in [0.15, 0.2) is 6.20 Å². The van der Waals surface area contributed by atoms with Crippen LogP contribution in [0, 0.1) is 12.3 Å². The molecule has 0 spiro atoms. The fourth-order valence-corrected chi connectivity index (χ4v) is 3.23. The zero-order chi connectivity index (χ0) is 9.54. The minimum absolute atomic E-state index is 0.754. The summed E-state index contributed by atoms with van der Waals surface area (Å²) in [6.07, 6.45) is 12.3. The molecule has 0 N–H and O–H groups in total. The van der Waals surface area contributed by atoms with Gasteiger partial charge in [-0.05, 0) is 31.6 Å². The number of hydrogen-bond donors (Lipinski definition) is 0. The molecule has 0 aliphatic heterocycles. The summed E-state index contributed by atoms with van der Waals surface area (Å²) in [6, 6.07) is 0. The van der Waals surface area contributed by atoms with Crippen LogP contribution in [0.25, 0.3) is 4.96 Å². The molecule has 2 aromatic heterocycles. The van der Waals surface area contributed by atoms with Gasteiger partial charge in [0.15, 0.2) is 4.96 Å². The number of aryl methyl sites for hydroxylation is 2. The minimum Gasteiger partial charge on any atom is -0.293 e. The summed E-state index contributed by atoms with van der Waals surface area (Å²) < 4.78 is 2.17. The maximum Gasteiger partial charge on any atom is 0.195 e. The maximum atomic E-state index is 5.33. The van der Waals surface area contributed by atoms with Crippen molar-refractivity contribution in [1.29, 1.82) is 0 Å². The number of nitrogens with zero attached hydrogens (tertiary/aromatic N) is 2. The van der Waals surface area contributed by atoms with E-state index in [1.165, 1.54) is 36.3 Å². The number of rotatable bonds is 0. The third kappa shape index (κ3) is 1.01. The van der Waals surface area contributed by atoms with E-state index in [0.29, 0.717) is 0 Å². The van der Waals surface area contributed by atoms with Crippen LogP contribution in [0.4, 0.5) is 0 Å². The van der Waals surface area contributed by atoms with E-state index < -0.39 is 0 Å². The molecule has 2 heterocycles. The lowest BCUT2D eigenvalue weighted by molar-refractivity contribution is 0.674. The molecule has 3 rings (SSSR count). The number of aromatic nitrogens is 2. The molecule has 14 heavy (non-hydrogen) atoms. The highest BCUT2D eigenvalue weighted by atomic mass is 32.1. The van der Waals surface area contributed by atoms with E-state index in [2.05, 4.69) is 15.3 Å². The summed E-state index contributed by atoms with van der Waals surface area (Å²) >= 11 is 1.79. The average molecular weight is 202 g/mol. The Balaban J connectivity index is 2.27. The topological polar surface area (TPSA) is 17.3 Å². The van der Waals surface area contributed by atoms with Crippen molar-refractivity contribution < 1.29 is 0 Å². The van der Waals surface area contributed by atoms with Gasteiger partial charge in [0.2, 0.25) is 0 Å². The van der Waals surface area contributed by atoms with Gasteiger partial charge < -0.3 is 0 Å². The van der Waals surface area contributed by atoms with Crippen LogP contribution < -0.4 is 0 Å². The number of hydrogen-bond acceptors (Lipinski definition) is 2. The van der Waals surface area contributed by atoms with Crippen molar-refractivity contribution in [3.8, 4) is 12.3 Å². The first-order valence-electron chi connectivity index (χ1n) is 4.85.